The number of hydrogen-bond donors (Lipinski definition) is 0. The van der Waals surface area contributed by atoms with Crippen molar-refractivity contribution < 1.29 is 8.42 Å². The highest BCUT2D eigenvalue weighted by Crippen LogP contribution is 2.32. The first-order valence-corrected chi connectivity index (χ1v) is 11.2. The lowest BCUT2D eigenvalue weighted by Crippen LogP contribution is -2.08. The topological polar surface area (TPSA) is 52.0 Å². The first-order chi connectivity index (χ1) is 12.8. The monoisotopic (exact) mass is 380 g/mol. The molecule has 0 N–H and O–H groups in total. The van der Waals surface area contributed by atoms with Gasteiger partial charge in [0.1, 0.15) is 5.82 Å². The molecule has 1 aliphatic carbocycles. The number of aromatic nitrogens is 2. The molecule has 0 aliphatic heterocycles. The summed E-state index contributed by atoms with van der Waals surface area (Å²) >= 11 is 0. The zero-order valence-corrected chi connectivity index (χ0v) is 16.8. The van der Waals surface area contributed by atoms with Crippen LogP contribution in [0.3, 0.4) is 0 Å². The van der Waals surface area contributed by atoms with Gasteiger partial charge in [-0.3, -0.25) is 4.57 Å². The molecule has 140 valence electrons. The third-order valence-electron chi connectivity index (χ3n) is 5.42. The first kappa shape index (κ1) is 18.0. The number of benzene rings is 2. The Labute approximate surface area is 160 Å². The lowest BCUT2D eigenvalue weighted by Gasteiger charge is -2.16. The Bertz CT molecular complexity index is 1110. The van der Waals surface area contributed by atoms with Gasteiger partial charge < -0.3 is 0 Å². The molecule has 27 heavy (non-hydrogen) atoms. The van der Waals surface area contributed by atoms with Crippen molar-refractivity contribution in [3.05, 3.63) is 65.0 Å². The molecule has 0 unspecified atom stereocenters. The average molecular weight is 381 g/mol. The maximum atomic E-state index is 11.8. The van der Waals surface area contributed by atoms with Crippen molar-refractivity contribution in [2.45, 2.75) is 44.4 Å². The van der Waals surface area contributed by atoms with Crippen LogP contribution in [0.15, 0.2) is 47.4 Å². The van der Waals surface area contributed by atoms with Gasteiger partial charge >= 0.3 is 0 Å². The van der Waals surface area contributed by atoms with E-state index in [4.69, 9.17) is 4.98 Å². The van der Waals surface area contributed by atoms with Crippen molar-refractivity contribution >= 4 is 9.84 Å². The van der Waals surface area contributed by atoms with E-state index in [-0.39, 0.29) is 0 Å². The Morgan fingerprint density at radius 2 is 1.63 bits per heavy atom. The van der Waals surface area contributed by atoms with Crippen molar-refractivity contribution in [2.24, 2.45) is 0 Å². The molecular formula is C22H24N2O2S. The van der Waals surface area contributed by atoms with Crippen LogP contribution in [0.1, 0.15) is 35.4 Å². The fourth-order valence-electron chi connectivity index (χ4n) is 3.74. The quantitative estimate of drug-likeness (QED) is 0.675. The average Bonchev–Trinajstić information content (AvgIpc) is 3.03. The van der Waals surface area contributed by atoms with Gasteiger partial charge in [0, 0.05) is 23.2 Å². The molecule has 0 spiro atoms. The third-order valence-corrected chi connectivity index (χ3v) is 6.55. The maximum Gasteiger partial charge on any atom is 0.175 e. The summed E-state index contributed by atoms with van der Waals surface area (Å²) in [7, 11) is -3.20. The summed E-state index contributed by atoms with van der Waals surface area (Å²) in [5.41, 5.74) is 6.99. The van der Waals surface area contributed by atoms with Crippen LogP contribution in [-0.4, -0.2) is 24.2 Å². The SMILES string of the molecule is Cc1ccc(-c2nc3c(n2-c2ccc(S(C)(=O)=O)cc2)CCCC3)cc1C. The Morgan fingerprint density at radius 3 is 2.30 bits per heavy atom. The van der Waals surface area contributed by atoms with E-state index in [0.29, 0.717) is 4.90 Å². The molecule has 1 aromatic heterocycles. The molecule has 0 atom stereocenters. The molecule has 0 fully saturated rings. The van der Waals surface area contributed by atoms with Gasteiger partial charge in [-0.05, 0) is 81.0 Å². The van der Waals surface area contributed by atoms with Gasteiger partial charge in [-0.1, -0.05) is 12.1 Å². The van der Waals surface area contributed by atoms with Crippen molar-refractivity contribution in [1.82, 2.24) is 9.55 Å². The molecule has 3 aromatic rings. The zero-order chi connectivity index (χ0) is 19.2. The molecule has 4 nitrogen and oxygen atoms in total. The second kappa shape index (κ2) is 6.64. The third kappa shape index (κ3) is 3.32. The van der Waals surface area contributed by atoms with E-state index in [1.807, 2.05) is 12.1 Å². The van der Waals surface area contributed by atoms with Crippen LogP contribution in [0.5, 0.6) is 0 Å². The predicted molar refractivity (Wildman–Crippen MR) is 108 cm³/mol. The van der Waals surface area contributed by atoms with Gasteiger partial charge in [0.2, 0.25) is 0 Å². The Kier molecular flexibility index (Phi) is 4.42. The van der Waals surface area contributed by atoms with E-state index in [1.54, 1.807) is 12.1 Å². The van der Waals surface area contributed by atoms with Crippen molar-refractivity contribution in [3.63, 3.8) is 0 Å². The van der Waals surface area contributed by atoms with E-state index in [2.05, 4.69) is 36.6 Å². The van der Waals surface area contributed by atoms with E-state index < -0.39 is 9.84 Å². The summed E-state index contributed by atoms with van der Waals surface area (Å²) in [6.45, 7) is 4.23. The van der Waals surface area contributed by atoms with E-state index in [0.717, 1.165) is 36.3 Å². The zero-order valence-electron chi connectivity index (χ0n) is 16.0. The Morgan fingerprint density at radius 1 is 0.926 bits per heavy atom. The van der Waals surface area contributed by atoms with Crippen LogP contribution in [0.2, 0.25) is 0 Å². The number of nitrogens with zero attached hydrogens (tertiary/aromatic N) is 2. The lowest BCUT2D eigenvalue weighted by atomic mass is 10.0. The molecule has 0 saturated carbocycles. The highest BCUT2D eigenvalue weighted by atomic mass is 32.2. The van der Waals surface area contributed by atoms with Gasteiger partial charge in [-0.2, -0.15) is 0 Å². The summed E-state index contributed by atoms with van der Waals surface area (Å²) in [5.74, 6) is 0.942. The highest BCUT2D eigenvalue weighted by molar-refractivity contribution is 7.90. The molecule has 0 amide bonds. The van der Waals surface area contributed by atoms with Crippen molar-refractivity contribution in [3.8, 4) is 17.1 Å². The summed E-state index contributed by atoms with van der Waals surface area (Å²) < 4.78 is 25.8. The van der Waals surface area contributed by atoms with Crippen LogP contribution >= 0.6 is 0 Å². The molecule has 0 bridgehead atoms. The number of aryl methyl sites for hydroxylation is 3. The van der Waals surface area contributed by atoms with Gasteiger partial charge in [0.05, 0.1) is 10.6 Å². The standard InChI is InChI=1S/C22H24N2O2S/c1-15-8-9-17(14-16(15)2)22-23-20-6-4-5-7-21(20)24(22)18-10-12-19(13-11-18)27(3,25)26/h8-14H,4-7H2,1-3H3. The van der Waals surface area contributed by atoms with Gasteiger partial charge in [0.25, 0.3) is 0 Å². The Hall–Kier alpha value is -2.40. The fraction of sp³-hybridized carbons (Fsp3) is 0.318. The molecule has 5 heteroatoms. The summed E-state index contributed by atoms with van der Waals surface area (Å²) in [4.78, 5) is 5.32. The molecule has 0 saturated heterocycles. The van der Waals surface area contributed by atoms with Gasteiger partial charge in [0.15, 0.2) is 9.84 Å². The van der Waals surface area contributed by atoms with Crippen LogP contribution in [0.4, 0.5) is 0 Å². The highest BCUT2D eigenvalue weighted by Gasteiger charge is 2.22. The van der Waals surface area contributed by atoms with Gasteiger partial charge in [-0.25, -0.2) is 13.4 Å². The Balaban J connectivity index is 1.90. The molecule has 0 radical (unpaired) electrons. The summed E-state index contributed by atoms with van der Waals surface area (Å²) in [5, 5.41) is 0. The second-order valence-electron chi connectivity index (χ2n) is 7.44. The van der Waals surface area contributed by atoms with Gasteiger partial charge in [-0.15, -0.1) is 0 Å². The number of fused-ring (bicyclic) bond motifs is 1. The number of sulfone groups is 1. The lowest BCUT2D eigenvalue weighted by molar-refractivity contribution is 0.602. The van der Waals surface area contributed by atoms with Crippen molar-refractivity contribution in [2.75, 3.05) is 6.26 Å². The fourth-order valence-corrected chi connectivity index (χ4v) is 4.37. The van der Waals surface area contributed by atoms with Crippen LogP contribution in [-0.2, 0) is 22.7 Å². The van der Waals surface area contributed by atoms with E-state index in [1.165, 1.54) is 35.2 Å². The maximum absolute atomic E-state index is 11.8. The smallest absolute Gasteiger partial charge is 0.175 e. The minimum atomic E-state index is -3.20. The minimum Gasteiger partial charge on any atom is -0.296 e. The molecule has 1 aliphatic rings. The first-order valence-electron chi connectivity index (χ1n) is 9.33. The van der Waals surface area contributed by atoms with Crippen molar-refractivity contribution in [1.29, 1.82) is 0 Å². The molecule has 4 rings (SSSR count). The van der Waals surface area contributed by atoms with E-state index in [9.17, 15) is 8.42 Å². The number of hydrogen-bond acceptors (Lipinski definition) is 3. The minimum absolute atomic E-state index is 0.341. The summed E-state index contributed by atoms with van der Waals surface area (Å²) in [6, 6.07) is 13.6. The van der Waals surface area contributed by atoms with Crippen LogP contribution in [0.25, 0.3) is 17.1 Å². The normalized spacial score (nSPS) is 14.2. The predicted octanol–water partition coefficient (Wildman–Crippen LogP) is 4.44. The van der Waals surface area contributed by atoms with Crippen LogP contribution in [0, 0.1) is 13.8 Å². The molecular weight excluding hydrogens is 356 g/mol. The van der Waals surface area contributed by atoms with E-state index >= 15 is 0 Å². The summed E-state index contributed by atoms with van der Waals surface area (Å²) in [6.07, 6.45) is 5.57. The molecule has 1 heterocycles. The number of imidazole rings is 1. The number of rotatable bonds is 3. The molecule has 2 aromatic carbocycles. The van der Waals surface area contributed by atoms with Crippen LogP contribution < -0.4 is 0 Å². The largest absolute Gasteiger partial charge is 0.296 e. The second-order valence-corrected chi connectivity index (χ2v) is 9.45.